The lowest BCUT2D eigenvalue weighted by atomic mass is 9.99. The van der Waals surface area contributed by atoms with Crippen LogP contribution in [0.1, 0.15) is 50.9 Å². The van der Waals surface area contributed by atoms with Crippen molar-refractivity contribution in [3.05, 3.63) is 42.2 Å². The first-order valence-corrected chi connectivity index (χ1v) is 10.7. The molecule has 0 aliphatic carbocycles. The number of hydrogen-bond acceptors (Lipinski definition) is 4. The zero-order chi connectivity index (χ0) is 21.1. The van der Waals surface area contributed by atoms with Crippen LogP contribution in [-0.4, -0.2) is 50.5 Å². The highest BCUT2D eigenvalue weighted by molar-refractivity contribution is 5.95. The summed E-state index contributed by atoms with van der Waals surface area (Å²) in [6, 6.07) is 12.2. The largest absolute Gasteiger partial charge is 0.340 e. The van der Waals surface area contributed by atoms with E-state index in [1.807, 2.05) is 17.0 Å². The first-order valence-electron chi connectivity index (χ1n) is 10.7. The molecule has 1 fully saturated rings. The molecule has 0 saturated carbocycles. The van der Waals surface area contributed by atoms with Gasteiger partial charge in [0.25, 0.3) is 0 Å². The number of aromatic nitrogens is 2. The Morgan fingerprint density at radius 3 is 2.87 bits per heavy atom. The minimum atomic E-state index is -0.410. The van der Waals surface area contributed by atoms with E-state index in [9.17, 15) is 14.8 Å². The van der Waals surface area contributed by atoms with Crippen molar-refractivity contribution in [1.82, 2.24) is 19.9 Å². The third kappa shape index (κ3) is 4.03. The van der Waals surface area contributed by atoms with Gasteiger partial charge in [0.05, 0.1) is 29.5 Å². The number of aromatic amines is 1. The number of rotatable bonds is 8. The quantitative estimate of drug-likeness (QED) is 0.334. The molecule has 1 aromatic heterocycles. The molecule has 2 atom stereocenters. The topological polar surface area (TPSA) is 89.5 Å². The van der Waals surface area contributed by atoms with Crippen molar-refractivity contribution in [2.75, 3.05) is 13.1 Å². The number of carbonyl (C=O) groups excluding carboxylic acids is 2. The van der Waals surface area contributed by atoms with Crippen molar-refractivity contribution >= 4 is 34.1 Å². The maximum Gasteiger partial charge on any atom is 0.233 e. The summed E-state index contributed by atoms with van der Waals surface area (Å²) >= 11 is 0. The van der Waals surface area contributed by atoms with Crippen LogP contribution < -0.4 is 0 Å². The molecule has 3 aromatic rings. The number of carbonyl (C=O) groups is 2. The van der Waals surface area contributed by atoms with Crippen molar-refractivity contribution in [2.45, 2.75) is 45.1 Å². The lowest BCUT2D eigenvalue weighted by Crippen LogP contribution is -2.40. The maximum absolute atomic E-state index is 13.3. The molecule has 2 heterocycles. The smallest absolute Gasteiger partial charge is 0.233 e. The van der Waals surface area contributed by atoms with Gasteiger partial charge in [-0.3, -0.25) is 14.8 Å². The summed E-state index contributed by atoms with van der Waals surface area (Å²) in [6.07, 6.45) is 4.59. The molecule has 30 heavy (non-hydrogen) atoms. The molecule has 1 aliphatic heterocycles. The van der Waals surface area contributed by atoms with Crippen LogP contribution in [0.3, 0.4) is 0 Å². The maximum atomic E-state index is 13.3. The van der Waals surface area contributed by atoms with E-state index in [-0.39, 0.29) is 18.5 Å². The molecule has 0 unspecified atom stereocenters. The highest BCUT2D eigenvalue weighted by Crippen LogP contribution is 2.34. The average molecular weight is 409 g/mol. The monoisotopic (exact) mass is 408 g/mol. The number of hydroxylamine groups is 2. The number of nitrogens with zero attached hydrogens (tertiary/aromatic N) is 3. The molecule has 4 rings (SSSR count). The number of benzene rings is 2. The van der Waals surface area contributed by atoms with Crippen LogP contribution in [0.25, 0.3) is 21.8 Å². The molecule has 2 aromatic carbocycles. The van der Waals surface area contributed by atoms with E-state index in [2.05, 4.69) is 36.2 Å². The number of hydrogen-bond donors (Lipinski definition) is 2. The molecule has 0 bridgehead atoms. The molecular weight excluding hydrogens is 380 g/mol. The number of fused-ring (bicyclic) bond motifs is 2. The molecule has 7 heteroatoms. The standard InChI is InChI=1S/C23H28N4O3/c1-2-3-7-18(14-26(30)15-28)23(29)27-11-6-10-21(27)22-24-19-12-16-8-4-5-9-17(16)13-20(19)25-22/h4-5,8-9,12-13,15,18,21,30H,2-3,6-7,10-11,14H2,1H3,(H,24,25)/t18-,21-/m0/s1. The summed E-state index contributed by atoms with van der Waals surface area (Å²) in [4.78, 5) is 34.3. The molecule has 0 spiro atoms. The second-order valence-corrected chi connectivity index (χ2v) is 8.09. The SMILES string of the molecule is CCCC[C@@H](CN(O)C=O)C(=O)N1CCC[C@H]1c1nc2cc3ccccc3cc2[nH]1. The molecule has 2 N–H and O–H groups in total. The fraction of sp³-hybridized carbons (Fsp3) is 0.435. The molecule has 1 saturated heterocycles. The van der Waals surface area contributed by atoms with Crippen molar-refractivity contribution < 1.29 is 14.8 Å². The molecule has 1 aliphatic rings. The Morgan fingerprint density at radius 1 is 1.37 bits per heavy atom. The van der Waals surface area contributed by atoms with Gasteiger partial charge in [-0.1, -0.05) is 44.0 Å². The van der Waals surface area contributed by atoms with E-state index in [0.29, 0.717) is 24.4 Å². The van der Waals surface area contributed by atoms with Crippen molar-refractivity contribution in [3.63, 3.8) is 0 Å². The van der Waals surface area contributed by atoms with E-state index in [1.165, 1.54) is 0 Å². The second-order valence-electron chi connectivity index (χ2n) is 8.09. The van der Waals surface area contributed by atoms with E-state index < -0.39 is 5.92 Å². The number of nitrogens with one attached hydrogen (secondary N) is 1. The number of unbranched alkanes of at least 4 members (excludes halogenated alkanes) is 1. The van der Waals surface area contributed by atoms with E-state index in [4.69, 9.17) is 4.98 Å². The third-order valence-corrected chi connectivity index (χ3v) is 6.00. The van der Waals surface area contributed by atoms with Gasteiger partial charge in [0, 0.05) is 6.54 Å². The number of amides is 2. The normalized spacial score (nSPS) is 17.5. The van der Waals surface area contributed by atoms with Gasteiger partial charge in [-0.2, -0.15) is 0 Å². The lowest BCUT2D eigenvalue weighted by Gasteiger charge is -2.29. The first kappa shape index (κ1) is 20.3. The fourth-order valence-corrected chi connectivity index (χ4v) is 4.44. The lowest BCUT2D eigenvalue weighted by molar-refractivity contribution is -0.157. The highest BCUT2D eigenvalue weighted by atomic mass is 16.5. The molecular formula is C23H28N4O3. The summed E-state index contributed by atoms with van der Waals surface area (Å²) < 4.78 is 0. The Hall–Kier alpha value is -2.93. The number of imidazole rings is 1. The summed E-state index contributed by atoms with van der Waals surface area (Å²) in [5.41, 5.74) is 1.86. The van der Waals surface area contributed by atoms with Gasteiger partial charge in [0.2, 0.25) is 12.3 Å². The average Bonchev–Trinajstić information content (AvgIpc) is 3.40. The van der Waals surface area contributed by atoms with Gasteiger partial charge in [-0.15, -0.1) is 0 Å². The molecule has 0 radical (unpaired) electrons. The van der Waals surface area contributed by atoms with Gasteiger partial charge in [0.1, 0.15) is 5.82 Å². The molecule has 7 nitrogen and oxygen atoms in total. The van der Waals surface area contributed by atoms with Crippen LogP contribution in [0.5, 0.6) is 0 Å². The number of likely N-dealkylation sites (tertiary alicyclic amines) is 1. The van der Waals surface area contributed by atoms with Gasteiger partial charge < -0.3 is 9.88 Å². The predicted molar refractivity (Wildman–Crippen MR) is 115 cm³/mol. The van der Waals surface area contributed by atoms with Gasteiger partial charge in [-0.25, -0.2) is 10.0 Å². The van der Waals surface area contributed by atoms with Crippen LogP contribution in [0.4, 0.5) is 0 Å². The highest BCUT2D eigenvalue weighted by Gasteiger charge is 2.36. The molecule has 2 amide bonds. The van der Waals surface area contributed by atoms with Crippen LogP contribution in [0, 0.1) is 5.92 Å². The van der Waals surface area contributed by atoms with Crippen molar-refractivity contribution in [2.24, 2.45) is 5.92 Å². The Morgan fingerprint density at radius 2 is 2.13 bits per heavy atom. The van der Waals surface area contributed by atoms with Crippen molar-refractivity contribution in [1.29, 1.82) is 0 Å². The van der Waals surface area contributed by atoms with Gasteiger partial charge >= 0.3 is 0 Å². The summed E-state index contributed by atoms with van der Waals surface area (Å²) in [5, 5.41) is 12.5. The Bertz CT molecular complexity index is 995. The zero-order valence-corrected chi connectivity index (χ0v) is 17.3. The van der Waals surface area contributed by atoms with Crippen LogP contribution >= 0.6 is 0 Å². The van der Waals surface area contributed by atoms with Gasteiger partial charge in [0.15, 0.2) is 0 Å². The van der Waals surface area contributed by atoms with Crippen LogP contribution in [0.15, 0.2) is 36.4 Å². The van der Waals surface area contributed by atoms with Gasteiger partial charge in [-0.05, 0) is 42.2 Å². The minimum absolute atomic E-state index is 0.0162. The fourth-order valence-electron chi connectivity index (χ4n) is 4.44. The van der Waals surface area contributed by atoms with E-state index in [1.54, 1.807) is 0 Å². The minimum Gasteiger partial charge on any atom is -0.340 e. The zero-order valence-electron chi connectivity index (χ0n) is 17.3. The first-order chi connectivity index (χ1) is 14.6. The Balaban J connectivity index is 1.60. The third-order valence-electron chi connectivity index (χ3n) is 6.00. The number of H-pyrrole nitrogens is 1. The summed E-state index contributed by atoms with van der Waals surface area (Å²) in [5.74, 6) is 0.377. The second kappa shape index (κ2) is 8.83. The summed E-state index contributed by atoms with van der Waals surface area (Å²) in [6.45, 7) is 2.75. The predicted octanol–water partition coefficient (Wildman–Crippen LogP) is 4.03. The van der Waals surface area contributed by atoms with E-state index >= 15 is 0 Å². The molecule has 158 valence electrons. The van der Waals surface area contributed by atoms with Crippen molar-refractivity contribution in [3.8, 4) is 0 Å². The Labute approximate surface area is 175 Å². The summed E-state index contributed by atoms with van der Waals surface area (Å²) in [7, 11) is 0. The van der Waals surface area contributed by atoms with Crippen LogP contribution in [0.2, 0.25) is 0 Å². The van der Waals surface area contributed by atoms with E-state index in [0.717, 1.165) is 53.3 Å². The Kier molecular flexibility index (Phi) is 5.99. The van der Waals surface area contributed by atoms with Crippen LogP contribution in [-0.2, 0) is 9.59 Å².